The molecular weight excluding hydrogens is 275 g/mol. The molecule has 0 fully saturated rings. The summed E-state index contributed by atoms with van der Waals surface area (Å²) in [5.41, 5.74) is -1.75. The first kappa shape index (κ1) is 16.3. The van der Waals surface area contributed by atoms with E-state index in [4.69, 9.17) is 10.2 Å². The predicted octanol–water partition coefficient (Wildman–Crippen LogP) is 2.83. The van der Waals surface area contributed by atoms with Gasteiger partial charge in [-0.05, 0) is 30.5 Å². The fourth-order valence-electron chi connectivity index (χ4n) is 1.69. The van der Waals surface area contributed by atoms with Gasteiger partial charge in [0, 0.05) is 18.8 Å². The van der Waals surface area contributed by atoms with Crippen LogP contribution in [0, 0.1) is 5.92 Å². The molecule has 1 unspecified atom stereocenters. The highest BCUT2D eigenvalue weighted by Gasteiger charge is 2.35. The number of hydrogen-bond donors (Lipinski definition) is 3. The largest absolute Gasteiger partial charge is 0.478 e. The molecule has 112 valence electrons. The standard InChI is InChI=1S/C13H16F3NO3/c1-8(4-5-18)7-17-9-2-3-10(12(19)20)11(6-9)13(14,15)16/h2-3,6,8,17-18H,4-5,7H2,1H3,(H,19,20). The minimum absolute atomic E-state index is 0.00853. The first-order valence-electron chi connectivity index (χ1n) is 6.05. The number of rotatable bonds is 6. The highest BCUT2D eigenvalue weighted by atomic mass is 19.4. The molecule has 1 aromatic rings. The van der Waals surface area contributed by atoms with Crippen molar-refractivity contribution in [2.45, 2.75) is 19.5 Å². The lowest BCUT2D eigenvalue weighted by atomic mass is 10.1. The van der Waals surface area contributed by atoms with E-state index in [1.165, 1.54) is 6.07 Å². The van der Waals surface area contributed by atoms with E-state index in [-0.39, 0.29) is 18.2 Å². The van der Waals surface area contributed by atoms with E-state index in [9.17, 15) is 18.0 Å². The van der Waals surface area contributed by atoms with Gasteiger partial charge in [0.05, 0.1) is 11.1 Å². The van der Waals surface area contributed by atoms with Crippen LogP contribution in [0.1, 0.15) is 29.3 Å². The predicted molar refractivity (Wildman–Crippen MR) is 67.8 cm³/mol. The Bertz CT molecular complexity index is 474. The zero-order valence-corrected chi connectivity index (χ0v) is 10.9. The van der Waals surface area contributed by atoms with E-state index in [2.05, 4.69) is 5.32 Å². The molecule has 1 atom stereocenters. The number of alkyl halides is 3. The number of halogens is 3. The summed E-state index contributed by atoms with van der Waals surface area (Å²) in [6, 6.07) is 3.02. The molecule has 4 nitrogen and oxygen atoms in total. The molecule has 0 aliphatic rings. The quantitative estimate of drug-likeness (QED) is 0.754. The molecule has 0 bridgehead atoms. The summed E-state index contributed by atoms with van der Waals surface area (Å²) < 4.78 is 38.4. The molecule has 0 heterocycles. The molecule has 1 aromatic carbocycles. The SMILES string of the molecule is CC(CCO)CNc1ccc(C(=O)O)c(C(F)(F)F)c1. The van der Waals surface area contributed by atoms with Crippen LogP contribution in [0.4, 0.5) is 18.9 Å². The lowest BCUT2D eigenvalue weighted by Gasteiger charge is -2.15. The van der Waals surface area contributed by atoms with Gasteiger partial charge in [0.25, 0.3) is 0 Å². The zero-order chi connectivity index (χ0) is 15.3. The Balaban J connectivity index is 2.93. The van der Waals surface area contributed by atoms with E-state index in [1.807, 2.05) is 6.92 Å². The van der Waals surface area contributed by atoms with Gasteiger partial charge in [-0.2, -0.15) is 13.2 Å². The van der Waals surface area contributed by atoms with Gasteiger partial charge in [0.1, 0.15) is 0 Å². The third-order valence-electron chi connectivity index (χ3n) is 2.83. The van der Waals surface area contributed by atoms with Crippen LogP contribution in [0.25, 0.3) is 0 Å². The van der Waals surface area contributed by atoms with Crippen LogP contribution in [-0.4, -0.2) is 29.3 Å². The van der Waals surface area contributed by atoms with Crippen LogP contribution in [-0.2, 0) is 6.18 Å². The summed E-state index contributed by atoms with van der Waals surface area (Å²) in [6.07, 6.45) is -4.19. The Hall–Kier alpha value is -1.76. The molecule has 7 heteroatoms. The molecule has 3 N–H and O–H groups in total. The Labute approximate surface area is 114 Å². The Morgan fingerprint density at radius 2 is 2.05 bits per heavy atom. The number of aromatic carboxylic acids is 1. The summed E-state index contributed by atoms with van der Waals surface area (Å²) in [5, 5.41) is 20.3. The van der Waals surface area contributed by atoms with Gasteiger partial charge in [-0.1, -0.05) is 6.92 Å². The van der Waals surface area contributed by atoms with Crippen LogP contribution in [0.3, 0.4) is 0 Å². The van der Waals surface area contributed by atoms with Crippen molar-refractivity contribution >= 4 is 11.7 Å². The molecule has 0 radical (unpaired) electrons. The number of hydrogen-bond acceptors (Lipinski definition) is 3. The number of aliphatic hydroxyl groups is 1. The van der Waals surface area contributed by atoms with Crippen LogP contribution < -0.4 is 5.32 Å². The van der Waals surface area contributed by atoms with Crippen molar-refractivity contribution in [3.63, 3.8) is 0 Å². The van der Waals surface area contributed by atoms with Crippen molar-refractivity contribution < 1.29 is 28.2 Å². The van der Waals surface area contributed by atoms with E-state index in [1.54, 1.807) is 0 Å². The molecule has 0 saturated carbocycles. The van der Waals surface area contributed by atoms with Gasteiger partial charge < -0.3 is 15.5 Å². The molecule has 0 spiro atoms. The van der Waals surface area contributed by atoms with Crippen LogP contribution in [0.2, 0.25) is 0 Å². The molecule has 1 rings (SSSR count). The van der Waals surface area contributed by atoms with Gasteiger partial charge in [-0.3, -0.25) is 0 Å². The third-order valence-corrected chi connectivity index (χ3v) is 2.83. The number of carbonyl (C=O) groups is 1. The average molecular weight is 291 g/mol. The Morgan fingerprint density at radius 1 is 1.40 bits per heavy atom. The smallest absolute Gasteiger partial charge is 0.417 e. The molecule has 20 heavy (non-hydrogen) atoms. The van der Waals surface area contributed by atoms with Gasteiger partial charge in [0.15, 0.2) is 0 Å². The van der Waals surface area contributed by atoms with Crippen molar-refractivity contribution in [3.8, 4) is 0 Å². The zero-order valence-electron chi connectivity index (χ0n) is 10.9. The second-order valence-electron chi connectivity index (χ2n) is 4.56. The molecule has 0 aromatic heterocycles. The number of aliphatic hydroxyl groups excluding tert-OH is 1. The molecule has 0 saturated heterocycles. The molecule has 0 aliphatic heterocycles. The first-order valence-corrected chi connectivity index (χ1v) is 6.05. The normalized spacial score (nSPS) is 13.1. The van der Waals surface area contributed by atoms with Gasteiger partial charge in [0.2, 0.25) is 0 Å². The fraction of sp³-hybridized carbons (Fsp3) is 0.462. The van der Waals surface area contributed by atoms with E-state index in [0.29, 0.717) is 13.0 Å². The minimum Gasteiger partial charge on any atom is -0.478 e. The van der Waals surface area contributed by atoms with Crippen molar-refractivity contribution in [2.24, 2.45) is 5.92 Å². The number of anilines is 1. The number of benzene rings is 1. The summed E-state index contributed by atoms with van der Waals surface area (Å²) in [4.78, 5) is 10.8. The maximum Gasteiger partial charge on any atom is 0.417 e. The number of carboxylic acids is 1. The second-order valence-corrected chi connectivity index (χ2v) is 4.56. The third kappa shape index (κ3) is 4.41. The highest BCUT2D eigenvalue weighted by molar-refractivity contribution is 5.90. The lowest BCUT2D eigenvalue weighted by molar-refractivity contribution is -0.138. The molecular formula is C13H16F3NO3. The van der Waals surface area contributed by atoms with Crippen LogP contribution in [0.5, 0.6) is 0 Å². The van der Waals surface area contributed by atoms with Crippen molar-refractivity contribution in [1.82, 2.24) is 0 Å². The first-order chi connectivity index (χ1) is 9.25. The van der Waals surface area contributed by atoms with Crippen molar-refractivity contribution in [2.75, 3.05) is 18.5 Å². The summed E-state index contributed by atoms with van der Waals surface area (Å²) in [7, 11) is 0. The topological polar surface area (TPSA) is 69.6 Å². The number of carboxylic acid groups (broad SMARTS) is 1. The fourth-order valence-corrected chi connectivity index (χ4v) is 1.69. The highest BCUT2D eigenvalue weighted by Crippen LogP contribution is 2.33. The summed E-state index contributed by atoms with van der Waals surface area (Å²) >= 11 is 0. The molecule has 0 amide bonds. The average Bonchev–Trinajstić information content (AvgIpc) is 2.35. The monoisotopic (exact) mass is 291 g/mol. The molecule has 0 aliphatic carbocycles. The van der Waals surface area contributed by atoms with Gasteiger partial charge >= 0.3 is 12.1 Å². The Morgan fingerprint density at radius 3 is 2.55 bits per heavy atom. The van der Waals surface area contributed by atoms with Crippen LogP contribution in [0.15, 0.2) is 18.2 Å². The van der Waals surface area contributed by atoms with E-state index >= 15 is 0 Å². The van der Waals surface area contributed by atoms with Crippen LogP contribution >= 0.6 is 0 Å². The van der Waals surface area contributed by atoms with Gasteiger partial charge in [-0.25, -0.2) is 4.79 Å². The maximum atomic E-state index is 12.8. The van der Waals surface area contributed by atoms with E-state index in [0.717, 1.165) is 12.1 Å². The maximum absolute atomic E-state index is 12.8. The number of nitrogens with one attached hydrogen (secondary N) is 1. The lowest BCUT2D eigenvalue weighted by Crippen LogP contribution is -2.16. The summed E-state index contributed by atoms with van der Waals surface area (Å²) in [5.74, 6) is -1.52. The van der Waals surface area contributed by atoms with Crippen molar-refractivity contribution in [1.29, 1.82) is 0 Å². The van der Waals surface area contributed by atoms with E-state index < -0.39 is 23.3 Å². The van der Waals surface area contributed by atoms with Gasteiger partial charge in [-0.15, -0.1) is 0 Å². The van der Waals surface area contributed by atoms with Crippen molar-refractivity contribution in [3.05, 3.63) is 29.3 Å². The minimum atomic E-state index is -4.72. The second kappa shape index (κ2) is 6.60. The Kier molecular flexibility index (Phi) is 5.38. The summed E-state index contributed by atoms with van der Waals surface area (Å²) in [6.45, 7) is 2.25.